The normalized spacial score (nSPS) is 12.7. The second-order valence-electron chi connectivity index (χ2n) is 4.79. The van der Waals surface area contributed by atoms with Crippen molar-refractivity contribution in [1.82, 2.24) is 15.1 Å². The zero-order valence-corrected chi connectivity index (χ0v) is 13.5. The third-order valence-electron chi connectivity index (χ3n) is 3.40. The van der Waals surface area contributed by atoms with Crippen LogP contribution >= 0.6 is 23.2 Å². The lowest BCUT2D eigenvalue weighted by atomic mass is 10.1. The fourth-order valence-corrected chi connectivity index (χ4v) is 2.73. The van der Waals surface area contributed by atoms with Crippen LogP contribution in [0.1, 0.15) is 36.8 Å². The van der Waals surface area contributed by atoms with Gasteiger partial charge in [-0.25, -0.2) is 0 Å². The molecule has 0 aliphatic carbocycles. The number of hydrogen-bond acceptors (Lipinski definition) is 2. The van der Waals surface area contributed by atoms with Crippen LogP contribution in [-0.2, 0) is 13.1 Å². The summed E-state index contributed by atoms with van der Waals surface area (Å²) in [6, 6.07) is 8.02. The summed E-state index contributed by atoms with van der Waals surface area (Å²) >= 11 is 12.5. The number of nitrogens with one attached hydrogen (secondary N) is 1. The maximum atomic E-state index is 6.30. The molecule has 0 saturated heterocycles. The number of halogens is 2. The molecule has 0 spiro atoms. The Morgan fingerprint density at radius 3 is 2.65 bits per heavy atom. The average Bonchev–Trinajstić information content (AvgIpc) is 2.72. The Hall–Kier alpha value is -1.03. The molecule has 0 unspecified atom stereocenters. The molecule has 1 aromatic carbocycles. The summed E-state index contributed by atoms with van der Waals surface area (Å²) in [4.78, 5) is 0. The highest BCUT2D eigenvalue weighted by atomic mass is 35.5. The molecule has 3 nitrogen and oxygen atoms in total. The number of rotatable bonds is 5. The number of aryl methyl sites for hydroxylation is 2. The molecule has 0 radical (unpaired) electrons. The molecule has 0 aliphatic rings. The largest absolute Gasteiger partial charge is 0.304 e. The third-order valence-corrected chi connectivity index (χ3v) is 4.24. The summed E-state index contributed by atoms with van der Waals surface area (Å²) in [5, 5.41) is 9.39. The minimum absolute atomic E-state index is 0.153. The van der Waals surface area contributed by atoms with Crippen molar-refractivity contribution < 1.29 is 0 Å². The van der Waals surface area contributed by atoms with Crippen molar-refractivity contribution in [1.29, 1.82) is 0 Å². The number of aromatic nitrogens is 2. The first-order valence-electron chi connectivity index (χ1n) is 6.74. The summed E-state index contributed by atoms with van der Waals surface area (Å²) in [6.07, 6.45) is 0. The van der Waals surface area contributed by atoms with E-state index in [-0.39, 0.29) is 6.04 Å². The van der Waals surface area contributed by atoms with Crippen LogP contribution in [0.4, 0.5) is 0 Å². The summed E-state index contributed by atoms with van der Waals surface area (Å²) in [6.45, 7) is 7.55. The van der Waals surface area contributed by atoms with Gasteiger partial charge in [0, 0.05) is 24.2 Å². The van der Waals surface area contributed by atoms with E-state index in [1.807, 2.05) is 35.9 Å². The van der Waals surface area contributed by atoms with Crippen molar-refractivity contribution in [3.8, 4) is 0 Å². The van der Waals surface area contributed by atoms with Crippen molar-refractivity contribution in [2.24, 2.45) is 0 Å². The van der Waals surface area contributed by atoms with Gasteiger partial charge < -0.3 is 5.32 Å². The second kappa shape index (κ2) is 6.61. The predicted molar refractivity (Wildman–Crippen MR) is 84.4 cm³/mol. The van der Waals surface area contributed by atoms with E-state index < -0.39 is 0 Å². The topological polar surface area (TPSA) is 29.9 Å². The third kappa shape index (κ3) is 3.17. The molecule has 1 atom stereocenters. The van der Waals surface area contributed by atoms with E-state index in [4.69, 9.17) is 23.2 Å². The molecule has 108 valence electrons. The first kappa shape index (κ1) is 15.4. The van der Waals surface area contributed by atoms with Crippen LogP contribution in [-0.4, -0.2) is 9.78 Å². The van der Waals surface area contributed by atoms with Gasteiger partial charge in [0.2, 0.25) is 0 Å². The Labute approximate surface area is 129 Å². The van der Waals surface area contributed by atoms with Gasteiger partial charge in [-0.2, -0.15) is 5.10 Å². The Morgan fingerprint density at radius 2 is 2.00 bits per heavy atom. The zero-order chi connectivity index (χ0) is 14.7. The van der Waals surface area contributed by atoms with E-state index >= 15 is 0 Å². The summed E-state index contributed by atoms with van der Waals surface area (Å²) in [5.41, 5.74) is 2.98. The van der Waals surface area contributed by atoms with E-state index in [1.165, 1.54) is 0 Å². The van der Waals surface area contributed by atoms with E-state index in [1.54, 1.807) is 0 Å². The van der Waals surface area contributed by atoms with E-state index in [0.29, 0.717) is 6.54 Å². The molecule has 0 fully saturated rings. The molecule has 1 aromatic heterocycles. The molecular weight excluding hydrogens is 293 g/mol. The van der Waals surface area contributed by atoms with E-state index in [2.05, 4.69) is 24.3 Å². The lowest BCUT2D eigenvalue weighted by Gasteiger charge is -2.16. The molecular formula is C15H19Cl2N3. The molecule has 0 bridgehead atoms. The Kier molecular flexibility index (Phi) is 5.08. The lowest BCUT2D eigenvalue weighted by Crippen LogP contribution is -2.20. The van der Waals surface area contributed by atoms with Gasteiger partial charge in [0.15, 0.2) is 0 Å². The van der Waals surface area contributed by atoms with Crippen LogP contribution < -0.4 is 5.32 Å². The standard InChI is InChI=1S/C15H19Cl2N3/c1-4-20-14(15(17)11(3)19-20)9-18-10(2)12-7-5-6-8-13(12)16/h5-8,10,18H,4,9H2,1-3H3/t10-/m1/s1. The minimum Gasteiger partial charge on any atom is -0.304 e. The number of benzene rings is 1. The molecule has 1 N–H and O–H groups in total. The van der Waals surface area contributed by atoms with Gasteiger partial charge in [0.05, 0.1) is 16.4 Å². The Bertz CT molecular complexity index is 593. The lowest BCUT2D eigenvalue weighted by molar-refractivity contribution is 0.531. The molecule has 2 rings (SSSR count). The van der Waals surface area contributed by atoms with Gasteiger partial charge in [0.1, 0.15) is 0 Å². The summed E-state index contributed by atoms with van der Waals surface area (Å²) in [5.74, 6) is 0. The summed E-state index contributed by atoms with van der Waals surface area (Å²) in [7, 11) is 0. The highest BCUT2D eigenvalue weighted by Gasteiger charge is 2.14. The van der Waals surface area contributed by atoms with Crippen LogP contribution in [0.3, 0.4) is 0 Å². The molecule has 0 aliphatic heterocycles. The van der Waals surface area contributed by atoms with Gasteiger partial charge in [-0.1, -0.05) is 41.4 Å². The van der Waals surface area contributed by atoms with Crippen molar-refractivity contribution in [3.63, 3.8) is 0 Å². The highest BCUT2D eigenvalue weighted by molar-refractivity contribution is 6.32. The molecule has 20 heavy (non-hydrogen) atoms. The van der Waals surface area contributed by atoms with Gasteiger partial charge in [-0.3, -0.25) is 4.68 Å². The van der Waals surface area contributed by atoms with Gasteiger partial charge >= 0.3 is 0 Å². The van der Waals surface area contributed by atoms with E-state index in [9.17, 15) is 0 Å². The highest BCUT2D eigenvalue weighted by Crippen LogP contribution is 2.24. The number of hydrogen-bond donors (Lipinski definition) is 1. The van der Waals surface area contributed by atoms with E-state index in [0.717, 1.165) is 33.5 Å². The minimum atomic E-state index is 0.153. The molecule has 5 heteroatoms. The maximum Gasteiger partial charge on any atom is 0.0860 e. The smallest absolute Gasteiger partial charge is 0.0860 e. The van der Waals surface area contributed by atoms with Gasteiger partial charge in [-0.05, 0) is 32.4 Å². The molecule has 0 amide bonds. The zero-order valence-electron chi connectivity index (χ0n) is 12.0. The number of nitrogens with zero attached hydrogens (tertiary/aromatic N) is 2. The monoisotopic (exact) mass is 311 g/mol. The van der Waals surface area contributed by atoms with Crippen LogP contribution in [0, 0.1) is 6.92 Å². The van der Waals surface area contributed by atoms with Crippen LogP contribution in [0.25, 0.3) is 0 Å². The van der Waals surface area contributed by atoms with Gasteiger partial charge in [0.25, 0.3) is 0 Å². The van der Waals surface area contributed by atoms with Crippen molar-refractivity contribution in [2.45, 2.75) is 39.9 Å². The van der Waals surface area contributed by atoms with Gasteiger partial charge in [-0.15, -0.1) is 0 Å². The quantitative estimate of drug-likeness (QED) is 0.888. The summed E-state index contributed by atoms with van der Waals surface area (Å²) < 4.78 is 1.93. The first-order valence-corrected chi connectivity index (χ1v) is 7.49. The first-order chi connectivity index (χ1) is 9.54. The van der Waals surface area contributed by atoms with Crippen molar-refractivity contribution in [3.05, 3.63) is 51.3 Å². The Morgan fingerprint density at radius 1 is 1.30 bits per heavy atom. The average molecular weight is 312 g/mol. The Balaban J connectivity index is 2.11. The van der Waals surface area contributed by atoms with Crippen LogP contribution in [0.15, 0.2) is 24.3 Å². The predicted octanol–water partition coefficient (Wildman–Crippen LogP) is 4.37. The van der Waals surface area contributed by atoms with Crippen molar-refractivity contribution in [2.75, 3.05) is 0 Å². The second-order valence-corrected chi connectivity index (χ2v) is 5.57. The van der Waals surface area contributed by atoms with Crippen molar-refractivity contribution >= 4 is 23.2 Å². The maximum absolute atomic E-state index is 6.30. The SMILES string of the molecule is CCn1nc(C)c(Cl)c1CN[C@H](C)c1ccccc1Cl. The fourth-order valence-electron chi connectivity index (χ4n) is 2.22. The van der Waals surface area contributed by atoms with Crippen LogP contribution in [0.2, 0.25) is 10.0 Å². The van der Waals surface area contributed by atoms with Crippen LogP contribution in [0.5, 0.6) is 0 Å². The molecule has 2 aromatic rings. The fraction of sp³-hybridized carbons (Fsp3) is 0.400. The molecule has 1 heterocycles. The molecule has 0 saturated carbocycles.